The van der Waals surface area contributed by atoms with Crippen LogP contribution in [0.25, 0.3) is 0 Å². The second kappa shape index (κ2) is 7.46. The molecule has 0 bridgehead atoms. The summed E-state index contributed by atoms with van der Waals surface area (Å²) in [6.45, 7) is 4.60. The Balaban J connectivity index is 2.39. The van der Waals surface area contributed by atoms with Crippen molar-refractivity contribution < 1.29 is 14.6 Å². The van der Waals surface area contributed by atoms with Crippen molar-refractivity contribution in [1.29, 1.82) is 0 Å². The van der Waals surface area contributed by atoms with Crippen LogP contribution in [0.5, 0.6) is 0 Å². The quantitative estimate of drug-likeness (QED) is 0.784. The first-order chi connectivity index (χ1) is 8.54. The minimum atomic E-state index is -0.931. The van der Waals surface area contributed by atoms with E-state index in [2.05, 4.69) is 5.32 Å². The molecule has 0 heterocycles. The third-order valence-corrected chi connectivity index (χ3v) is 3.03. The molecular formula is C14H21FNO2. The molecule has 0 spiro atoms. The Morgan fingerprint density at radius 3 is 2.67 bits per heavy atom. The highest BCUT2D eigenvalue weighted by Crippen LogP contribution is 2.17. The molecule has 0 amide bonds. The van der Waals surface area contributed by atoms with E-state index in [0.717, 1.165) is 0 Å². The molecule has 0 aliphatic heterocycles. The van der Waals surface area contributed by atoms with Crippen LogP contribution < -0.4 is 5.32 Å². The van der Waals surface area contributed by atoms with Crippen LogP contribution in [0.2, 0.25) is 0 Å². The molecule has 0 saturated carbocycles. The van der Waals surface area contributed by atoms with Crippen LogP contribution in [0.4, 0.5) is 4.39 Å². The minimum absolute atomic E-state index is 0.00436. The highest BCUT2D eigenvalue weighted by atomic mass is 19.1. The summed E-state index contributed by atoms with van der Waals surface area (Å²) in [7, 11) is 0. The van der Waals surface area contributed by atoms with Crippen LogP contribution in [0, 0.1) is 11.7 Å². The van der Waals surface area contributed by atoms with Crippen LogP contribution in [-0.2, 0) is 5.11 Å². The maximum absolute atomic E-state index is 13.0. The molecule has 101 valence electrons. The van der Waals surface area contributed by atoms with Crippen molar-refractivity contribution in [3.63, 3.8) is 0 Å². The number of nitrogens with one attached hydrogen (secondary N) is 1. The molecule has 2 atom stereocenters. The third-order valence-electron chi connectivity index (χ3n) is 3.03. The van der Waals surface area contributed by atoms with Gasteiger partial charge < -0.3 is 10.4 Å². The first-order valence-electron chi connectivity index (χ1n) is 6.30. The van der Waals surface area contributed by atoms with Gasteiger partial charge in [-0.25, -0.2) is 9.50 Å². The molecule has 2 N–H and O–H groups in total. The molecule has 1 aromatic carbocycles. The third kappa shape index (κ3) is 4.72. The van der Waals surface area contributed by atoms with Crippen molar-refractivity contribution in [3.8, 4) is 0 Å². The first-order valence-corrected chi connectivity index (χ1v) is 6.30. The van der Waals surface area contributed by atoms with E-state index in [-0.39, 0.29) is 18.5 Å². The molecule has 18 heavy (non-hydrogen) atoms. The van der Waals surface area contributed by atoms with Gasteiger partial charge in [-0.1, -0.05) is 26.0 Å². The van der Waals surface area contributed by atoms with Gasteiger partial charge in [0.1, 0.15) is 11.9 Å². The van der Waals surface area contributed by atoms with Gasteiger partial charge >= 0.3 is 0 Å². The molecule has 2 unspecified atom stereocenters. The average molecular weight is 254 g/mol. The Kier molecular flexibility index (Phi) is 6.25. The zero-order valence-electron chi connectivity index (χ0n) is 10.9. The highest BCUT2D eigenvalue weighted by Gasteiger charge is 2.14. The van der Waals surface area contributed by atoms with Gasteiger partial charge in [-0.15, -0.1) is 0 Å². The number of aliphatic hydroxyl groups is 1. The van der Waals surface area contributed by atoms with E-state index in [9.17, 15) is 9.50 Å². The van der Waals surface area contributed by atoms with E-state index < -0.39 is 6.10 Å². The maximum atomic E-state index is 13.0. The zero-order chi connectivity index (χ0) is 13.5. The molecule has 3 nitrogen and oxygen atoms in total. The predicted molar refractivity (Wildman–Crippen MR) is 68.2 cm³/mol. The largest absolute Gasteiger partial charge is 0.395 e. The Morgan fingerprint density at radius 1 is 1.39 bits per heavy atom. The maximum Gasteiger partial charge on any atom is 0.123 e. The summed E-state index contributed by atoms with van der Waals surface area (Å²) >= 11 is 0. The molecular weight excluding hydrogens is 233 g/mol. The van der Waals surface area contributed by atoms with E-state index >= 15 is 0 Å². The van der Waals surface area contributed by atoms with Gasteiger partial charge in [0.15, 0.2) is 0 Å². The Bertz CT molecular complexity index is 357. The molecule has 0 fully saturated rings. The zero-order valence-corrected chi connectivity index (χ0v) is 10.9. The molecule has 1 aromatic rings. The number of hydrogen-bond acceptors (Lipinski definition) is 2. The average Bonchev–Trinajstić information content (AvgIpc) is 2.34. The molecule has 0 saturated heterocycles. The minimum Gasteiger partial charge on any atom is -0.395 e. The van der Waals surface area contributed by atoms with Gasteiger partial charge in [-0.2, -0.15) is 0 Å². The van der Waals surface area contributed by atoms with Crippen molar-refractivity contribution in [2.75, 3.05) is 13.2 Å². The van der Waals surface area contributed by atoms with Gasteiger partial charge in [0.2, 0.25) is 0 Å². The fraction of sp³-hybridized carbons (Fsp3) is 0.571. The van der Waals surface area contributed by atoms with E-state index in [0.29, 0.717) is 24.4 Å². The summed E-state index contributed by atoms with van der Waals surface area (Å²) in [5.41, 5.74) is 0.474. The lowest BCUT2D eigenvalue weighted by atomic mass is 10.0. The lowest BCUT2D eigenvalue weighted by Gasteiger charge is -2.20. The van der Waals surface area contributed by atoms with Crippen LogP contribution in [0.1, 0.15) is 31.9 Å². The molecule has 0 aliphatic rings. The topological polar surface area (TPSA) is 52.2 Å². The van der Waals surface area contributed by atoms with Crippen LogP contribution >= 0.6 is 0 Å². The van der Waals surface area contributed by atoms with Crippen LogP contribution in [0.15, 0.2) is 24.3 Å². The number of aliphatic hydroxyl groups excluding tert-OH is 1. The van der Waals surface area contributed by atoms with E-state index in [1.54, 1.807) is 12.1 Å². The van der Waals surface area contributed by atoms with Gasteiger partial charge in [0, 0.05) is 6.04 Å². The summed E-state index contributed by atoms with van der Waals surface area (Å²) in [5, 5.41) is 24.1. The van der Waals surface area contributed by atoms with Crippen LogP contribution in [-0.4, -0.2) is 24.3 Å². The summed E-state index contributed by atoms with van der Waals surface area (Å²) in [5.74, 6) is -0.0639. The fourth-order valence-electron chi connectivity index (χ4n) is 1.78. The standard InChI is InChI=1S/C14H21FNO2/c1-10(2)13(9-17)16-7-6-14(18)11-4-3-5-12(15)8-11/h3-5,8,10,13-14,16-17H,6-7,9H2,1-2H3. The predicted octanol–water partition coefficient (Wildman–Crippen LogP) is 2.29. The van der Waals surface area contributed by atoms with Crippen molar-refractivity contribution in [1.82, 2.24) is 5.32 Å². The van der Waals surface area contributed by atoms with E-state index in [1.807, 2.05) is 13.8 Å². The number of rotatable bonds is 7. The lowest BCUT2D eigenvalue weighted by molar-refractivity contribution is 0.0783. The highest BCUT2D eigenvalue weighted by molar-refractivity contribution is 5.18. The molecule has 0 aromatic heterocycles. The summed E-state index contributed by atoms with van der Waals surface area (Å²) in [6.07, 6.45) is -0.549. The molecule has 1 radical (unpaired) electrons. The number of benzene rings is 1. The monoisotopic (exact) mass is 254 g/mol. The summed E-state index contributed by atoms with van der Waals surface area (Å²) in [4.78, 5) is 0. The molecule has 1 rings (SSSR count). The Hall–Kier alpha value is -0.970. The van der Waals surface area contributed by atoms with Crippen molar-refractivity contribution in [2.45, 2.75) is 32.4 Å². The Morgan fingerprint density at radius 2 is 2.11 bits per heavy atom. The van der Waals surface area contributed by atoms with Gasteiger partial charge in [-0.3, -0.25) is 0 Å². The summed E-state index contributed by atoms with van der Waals surface area (Å²) in [6, 6.07) is 5.81. The van der Waals surface area contributed by atoms with E-state index in [1.165, 1.54) is 12.1 Å². The molecule has 4 heteroatoms. The summed E-state index contributed by atoms with van der Waals surface area (Å²) < 4.78 is 13.0. The van der Waals surface area contributed by atoms with Crippen molar-refractivity contribution in [3.05, 3.63) is 35.6 Å². The van der Waals surface area contributed by atoms with Crippen LogP contribution in [0.3, 0.4) is 0 Å². The second-order valence-corrected chi connectivity index (χ2v) is 4.82. The fourth-order valence-corrected chi connectivity index (χ4v) is 1.78. The van der Waals surface area contributed by atoms with Crippen molar-refractivity contribution in [2.24, 2.45) is 5.92 Å². The number of hydrogen-bond donors (Lipinski definition) is 2. The van der Waals surface area contributed by atoms with Gasteiger partial charge in [-0.05, 0) is 36.6 Å². The lowest BCUT2D eigenvalue weighted by Crippen LogP contribution is -2.37. The van der Waals surface area contributed by atoms with E-state index in [4.69, 9.17) is 5.11 Å². The SMILES string of the molecule is CC(C)C(CO)NCCC([O])c1cccc(F)c1. The normalized spacial score (nSPS) is 14.8. The number of halogens is 1. The van der Waals surface area contributed by atoms with Crippen molar-refractivity contribution >= 4 is 0 Å². The van der Waals surface area contributed by atoms with Gasteiger partial charge in [0.25, 0.3) is 0 Å². The van der Waals surface area contributed by atoms with Gasteiger partial charge in [0.05, 0.1) is 6.61 Å². The molecule has 0 aliphatic carbocycles. The second-order valence-electron chi connectivity index (χ2n) is 4.82. The first kappa shape index (κ1) is 15.1. The Labute approximate surface area is 108 Å². The smallest absolute Gasteiger partial charge is 0.123 e.